The minimum Gasteiger partial charge on any atom is -0.330 e. The summed E-state index contributed by atoms with van der Waals surface area (Å²) < 4.78 is 7.38. The average molecular weight is 407 g/mol. The van der Waals surface area contributed by atoms with Crippen LogP contribution < -0.4 is 4.90 Å². The highest BCUT2D eigenvalue weighted by molar-refractivity contribution is 6.23. The van der Waals surface area contributed by atoms with Crippen LogP contribution in [0.1, 0.15) is 37.4 Å². The Bertz CT molecular complexity index is 1190. The van der Waals surface area contributed by atoms with Crippen LogP contribution in [0.25, 0.3) is 28.9 Å². The molecular formula is C19H15ClN8O. The monoisotopic (exact) mass is 406 g/mol. The van der Waals surface area contributed by atoms with Gasteiger partial charge in [0.1, 0.15) is 5.82 Å². The molecule has 1 atom stereocenters. The first-order valence-corrected chi connectivity index (χ1v) is 9.92. The van der Waals surface area contributed by atoms with Gasteiger partial charge in [0.25, 0.3) is 5.89 Å². The van der Waals surface area contributed by atoms with E-state index in [0.29, 0.717) is 29.3 Å². The van der Waals surface area contributed by atoms with Crippen molar-refractivity contribution in [2.24, 2.45) is 0 Å². The van der Waals surface area contributed by atoms with Gasteiger partial charge in [-0.15, -0.1) is 10.2 Å². The van der Waals surface area contributed by atoms with Crippen molar-refractivity contribution in [1.29, 1.82) is 5.26 Å². The van der Waals surface area contributed by atoms with Gasteiger partial charge in [0.15, 0.2) is 23.5 Å². The third-order valence-electron chi connectivity index (χ3n) is 5.71. The van der Waals surface area contributed by atoms with Crippen LogP contribution in [0.15, 0.2) is 35.0 Å². The minimum atomic E-state index is -0.684. The predicted octanol–water partition coefficient (Wildman–Crippen LogP) is 3.55. The number of para-hydroxylation sites is 1. The smallest absolute Gasteiger partial charge is 0.296 e. The molecule has 2 aromatic heterocycles. The summed E-state index contributed by atoms with van der Waals surface area (Å²) in [6, 6.07) is 7.75. The Hall–Kier alpha value is -3.38. The Morgan fingerprint density at radius 2 is 1.93 bits per heavy atom. The van der Waals surface area contributed by atoms with Gasteiger partial charge in [-0.3, -0.25) is 9.47 Å². The molecular weight excluding hydrogens is 392 g/mol. The SMILES string of the molecule is N#CN1C=C2N(c3ccccc3-c3nnc(-c4nc(C5CCCC5)no4)n32)C1Cl. The summed E-state index contributed by atoms with van der Waals surface area (Å²) in [6.07, 6.45) is 8.31. The summed E-state index contributed by atoms with van der Waals surface area (Å²) >= 11 is 6.57. The number of hydrogen-bond acceptors (Lipinski definition) is 8. The molecule has 10 heteroatoms. The van der Waals surface area contributed by atoms with Crippen molar-refractivity contribution in [3.63, 3.8) is 0 Å². The Labute approximate surface area is 170 Å². The maximum atomic E-state index is 9.48. The van der Waals surface area contributed by atoms with Gasteiger partial charge in [-0.1, -0.05) is 41.7 Å². The number of nitrogens with zero attached hydrogens (tertiary/aromatic N) is 8. The van der Waals surface area contributed by atoms with Crippen LogP contribution in [0.2, 0.25) is 0 Å². The van der Waals surface area contributed by atoms with Crippen molar-refractivity contribution in [3.8, 4) is 29.3 Å². The molecule has 1 fully saturated rings. The summed E-state index contributed by atoms with van der Waals surface area (Å²) in [7, 11) is 0. The maximum Gasteiger partial charge on any atom is 0.296 e. The predicted molar refractivity (Wildman–Crippen MR) is 104 cm³/mol. The molecule has 1 aromatic carbocycles. The number of benzene rings is 1. The zero-order valence-corrected chi connectivity index (χ0v) is 16.0. The first-order chi connectivity index (χ1) is 14.3. The van der Waals surface area contributed by atoms with Gasteiger partial charge in [-0.05, 0) is 25.0 Å². The van der Waals surface area contributed by atoms with Crippen LogP contribution in [0.5, 0.6) is 0 Å². The van der Waals surface area contributed by atoms with E-state index < -0.39 is 5.62 Å². The summed E-state index contributed by atoms with van der Waals surface area (Å²) in [5, 5.41) is 22.4. The number of alkyl halides is 1. The largest absolute Gasteiger partial charge is 0.330 e. The van der Waals surface area contributed by atoms with Gasteiger partial charge in [-0.25, -0.2) is 4.90 Å². The fourth-order valence-electron chi connectivity index (χ4n) is 4.32. The third kappa shape index (κ3) is 2.26. The second-order valence-corrected chi connectivity index (χ2v) is 7.70. The lowest BCUT2D eigenvalue weighted by molar-refractivity contribution is 0.413. The van der Waals surface area contributed by atoms with Gasteiger partial charge < -0.3 is 4.52 Å². The lowest BCUT2D eigenvalue weighted by Gasteiger charge is -2.32. The Balaban J connectivity index is 1.53. The molecule has 6 rings (SSSR count). The molecule has 0 spiro atoms. The zero-order valence-electron chi connectivity index (χ0n) is 15.2. The van der Waals surface area contributed by atoms with Crippen LogP contribution in [0.4, 0.5) is 5.69 Å². The fourth-order valence-corrected chi connectivity index (χ4v) is 4.63. The van der Waals surface area contributed by atoms with Gasteiger partial charge in [-0.2, -0.15) is 10.2 Å². The Kier molecular flexibility index (Phi) is 3.46. The quantitative estimate of drug-likeness (QED) is 0.362. The zero-order chi connectivity index (χ0) is 19.5. The molecule has 1 saturated carbocycles. The maximum absolute atomic E-state index is 9.48. The average Bonchev–Trinajstić information content (AvgIpc) is 3.52. The molecule has 0 N–H and O–H groups in total. The van der Waals surface area contributed by atoms with E-state index in [4.69, 9.17) is 16.1 Å². The van der Waals surface area contributed by atoms with Crippen molar-refractivity contribution < 1.29 is 4.52 Å². The third-order valence-corrected chi connectivity index (χ3v) is 6.11. The highest BCUT2D eigenvalue weighted by Gasteiger charge is 2.41. The van der Waals surface area contributed by atoms with E-state index >= 15 is 0 Å². The Morgan fingerprint density at radius 1 is 1.14 bits per heavy atom. The van der Waals surface area contributed by atoms with Crippen molar-refractivity contribution in [2.75, 3.05) is 4.90 Å². The summed E-state index contributed by atoms with van der Waals surface area (Å²) in [5.74, 6) is 3.11. The van der Waals surface area contributed by atoms with E-state index in [0.717, 1.165) is 29.9 Å². The van der Waals surface area contributed by atoms with Crippen LogP contribution in [-0.4, -0.2) is 35.4 Å². The number of fused-ring (bicyclic) bond motifs is 6. The molecule has 29 heavy (non-hydrogen) atoms. The van der Waals surface area contributed by atoms with Gasteiger partial charge in [0.05, 0.1) is 11.9 Å². The normalized spacial score (nSPS) is 20.3. The van der Waals surface area contributed by atoms with Crippen molar-refractivity contribution in [1.82, 2.24) is 29.8 Å². The number of rotatable bonds is 2. The molecule has 2 aliphatic heterocycles. The first kappa shape index (κ1) is 16.6. The Morgan fingerprint density at radius 3 is 2.76 bits per heavy atom. The molecule has 0 saturated heterocycles. The lowest BCUT2D eigenvalue weighted by Crippen LogP contribution is -2.36. The second-order valence-electron chi connectivity index (χ2n) is 7.31. The van der Waals surface area contributed by atoms with Crippen LogP contribution >= 0.6 is 11.6 Å². The number of halogens is 1. The molecule has 144 valence electrons. The summed E-state index contributed by atoms with van der Waals surface area (Å²) in [4.78, 5) is 7.86. The molecule has 1 aliphatic carbocycles. The molecule has 3 aliphatic rings. The highest BCUT2D eigenvalue weighted by Crippen LogP contribution is 2.46. The van der Waals surface area contributed by atoms with E-state index in [9.17, 15) is 5.26 Å². The van der Waals surface area contributed by atoms with Crippen molar-refractivity contribution >= 4 is 23.1 Å². The summed E-state index contributed by atoms with van der Waals surface area (Å²) in [5.41, 5.74) is 1.04. The van der Waals surface area contributed by atoms with E-state index in [1.165, 1.54) is 17.7 Å². The summed E-state index contributed by atoms with van der Waals surface area (Å²) in [6.45, 7) is 0. The van der Waals surface area contributed by atoms with Gasteiger partial charge in [0, 0.05) is 11.5 Å². The molecule has 0 amide bonds. The molecule has 9 nitrogen and oxygen atoms in total. The van der Waals surface area contributed by atoms with E-state index in [1.807, 2.05) is 33.7 Å². The molecule has 4 heterocycles. The van der Waals surface area contributed by atoms with Crippen molar-refractivity contribution in [3.05, 3.63) is 36.3 Å². The van der Waals surface area contributed by atoms with Crippen LogP contribution in [0.3, 0.4) is 0 Å². The number of hydrogen-bond donors (Lipinski definition) is 0. The van der Waals surface area contributed by atoms with Crippen LogP contribution in [0, 0.1) is 11.5 Å². The van der Waals surface area contributed by atoms with E-state index in [2.05, 4.69) is 26.5 Å². The second kappa shape index (κ2) is 6.06. The standard InChI is InChI=1S/C19H15ClN8O/c20-19-26(10-21)9-14-27(19)13-8-4-3-7-12(13)16-23-24-17(28(14)16)18-22-15(25-29-18)11-5-1-2-6-11/h3-4,7-9,11,19H,1-2,5-6H2. The fraction of sp³-hybridized carbons (Fsp3) is 0.316. The number of aromatic nitrogens is 5. The molecule has 0 bridgehead atoms. The highest BCUT2D eigenvalue weighted by atomic mass is 35.5. The number of nitriles is 1. The van der Waals surface area contributed by atoms with E-state index in [1.54, 1.807) is 6.20 Å². The van der Waals surface area contributed by atoms with Gasteiger partial charge in [0.2, 0.25) is 5.82 Å². The molecule has 1 unspecified atom stereocenters. The van der Waals surface area contributed by atoms with E-state index in [-0.39, 0.29) is 0 Å². The molecule has 3 aromatic rings. The first-order valence-electron chi connectivity index (χ1n) is 9.48. The van der Waals surface area contributed by atoms with Crippen molar-refractivity contribution in [2.45, 2.75) is 37.2 Å². The number of anilines is 1. The topological polar surface area (TPSA) is 99.9 Å². The minimum absolute atomic E-state index is 0.312. The van der Waals surface area contributed by atoms with Gasteiger partial charge >= 0.3 is 0 Å². The molecule has 0 radical (unpaired) electrons. The lowest BCUT2D eigenvalue weighted by atomic mass is 10.1. The van der Waals surface area contributed by atoms with Crippen LogP contribution in [-0.2, 0) is 0 Å².